The molecule has 0 fully saturated rings. The third kappa shape index (κ3) is 3.82. The highest BCUT2D eigenvalue weighted by molar-refractivity contribution is 5.81. The Hall–Kier alpha value is -1.36. The van der Waals surface area contributed by atoms with E-state index in [1.54, 1.807) is 26.0 Å². The van der Waals surface area contributed by atoms with Gasteiger partial charge in [-0.25, -0.2) is 0 Å². The molecule has 0 saturated carbocycles. The van der Waals surface area contributed by atoms with Crippen LogP contribution in [0.5, 0.6) is 0 Å². The number of hydrogen-bond donors (Lipinski definition) is 3. The second-order valence-corrected chi connectivity index (χ2v) is 6.19. The van der Waals surface area contributed by atoms with Gasteiger partial charge in [-0.1, -0.05) is 25.0 Å². The predicted molar refractivity (Wildman–Crippen MR) is 74.3 cm³/mol. The molecule has 1 aliphatic rings. The predicted octanol–water partition coefficient (Wildman–Crippen LogP) is 2.44. The minimum atomic E-state index is -1.11. The van der Waals surface area contributed by atoms with Crippen LogP contribution in [0.25, 0.3) is 0 Å². The quantitative estimate of drug-likeness (QED) is 0.493. The van der Waals surface area contributed by atoms with Crippen LogP contribution in [0, 0.1) is 10.8 Å². The lowest BCUT2D eigenvalue weighted by Crippen LogP contribution is -2.41. The number of aliphatic hydroxyl groups is 1. The molecular weight excluding hydrogens is 260 g/mol. The van der Waals surface area contributed by atoms with Crippen LogP contribution in [0.15, 0.2) is 12.2 Å². The molecule has 20 heavy (non-hydrogen) atoms. The van der Waals surface area contributed by atoms with Gasteiger partial charge in [-0.05, 0) is 39.5 Å². The fourth-order valence-corrected chi connectivity index (χ4v) is 2.89. The van der Waals surface area contributed by atoms with Crippen molar-refractivity contribution in [1.29, 1.82) is 0 Å². The van der Waals surface area contributed by atoms with E-state index in [-0.39, 0.29) is 12.5 Å². The topological polar surface area (TPSA) is 94.8 Å². The molecule has 0 aromatic rings. The number of rotatable bonds is 7. The second kappa shape index (κ2) is 6.39. The number of carboxylic acids is 2. The van der Waals surface area contributed by atoms with Crippen molar-refractivity contribution in [2.75, 3.05) is 0 Å². The summed E-state index contributed by atoms with van der Waals surface area (Å²) in [5.41, 5.74) is -2.11. The minimum absolute atomic E-state index is 0.121. The first-order valence-corrected chi connectivity index (χ1v) is 7.04. The lowest BCUT2D eigenvalue weighted by molar-refractivity contribution is -0.156. The standard InChI is InChI=1S/C15H24O5/c1-11(16)6-3-4-8-15(13(19)20)9-5-7-14(2,10-15)12(17)18/h5,7,11,16H,3-4,6,8-10H2,1-2H3,(H,17,18)(H,19,20)/t11?,14-,15?/m0/s1. The van der Waals surface area contributed by atoms with Crippen molar-refractivity contribution in [1.82, 2.24) is 0 Å². The van der Waals surface area contributed by atoms with Crippen LogP contribution in [0.3, 0.4) is 0 Å². The average molecular weight is 284 g/mol. The van der Waals surface area contributed by atoms with Crippen molar-refractivity contribution >= 4 is 11.9 Å². The Kier molecular flexibility index (Phi) is 5.34. The van der Waals surface area contributed by atoms with E-state index in [0.717, 1.165) is 6.42 Å². The first-order valence-electron chi connectivity index (χ1n) is 7.04. The monoisotopic (exact) mass is 284 g/mol. The van der Waals surface area contributed by atoms with Gasteiger partial charge < -0.3 is 15.3 Å². The Morgan fingerprint density at radius 2 is 1.90 bits per heavy atom. The Balaban J connectivity index is 2.76. The smallest absolute Gasteiger partial charge is 0.313 e. The molecule has 114 valence electrons. The van der Waals surface area contributed by atoms with E-state index in [9.17, 15) is 24.9 Å². The maximum absolute atomic E-state index is 11.6. The summed E-state index contributed by atoms with van der Waals surface area (Å²) in [6, 6.07) is 0. The first-order chi connectivity index (χ1) is 9.22. The summed E-state index contributed by atoms with van der Waals surface area (Å²) < 4.78 is 0. The lowest BCUT2D eigenvalue weighted by Gasteiger charge is -2.38. The molecule has 1 aliphatic carbocycles. The number of carbonyl (C=O) groups is 2. The van der Waals surface area contributed by atoms with E-state index < -0.39 is 22.8 Å². The molecular formula is C15H24O5. The van der Waals surface area contributed by atoms with Gasteiger partial charge in [-0.2, -0.15) is 0 Å². The summed E-state index contributed by atoms with van der Waals surface area (Å²) in [6.07, 6.45) is 5.92. The van der Waals surface area contributed by atoms with Crippen LogP contribution in [0.4, 0.5) is 0 Å². The molecule has 0 aromatic heterocycles. The zero-order valence-corrected chi connectivity index (χ0v) is 12.1. The molecule has 0 amide bonds. The van der Waals surface area contributed by atoms with E-state index >= 15 is 0 Å². The van der Waals surface area contributed by atoms with Crippen LogP contribution >= 0.6 is 0 Å². The maximum Gasteiger partial charge on any atom is 0.313 e. The molecule has 0 saturated heterocycles. The highest BCUT2D eigenvalue weighted by atomic mass is 16.4. The minimum Gasteiger partial charge on any atom is -0.481 e. The first kappa shape index (κ1) is 16.7. The Bertz CT molecular complexity index is 401. The number of hydrogen-bond acceptors (Lipinski definition) is 3. The molecule has 5 nitrogen and oxygen atoms in total. The third-order valence-electron chi connectivity index (χ3n) is 4.17. The fourth-order valence-electron chi connectivity index (χ4n) is 2.89. The molecule has 0 spiro atoms. The zero-order chi connectivity index (χ0) is 15.4. The van der Waals surface area contributed by atoms with E-state index in [1.165, 1.54) is 0 Å². The third-order valence-corrected chi connectivity index (χ3v) is 4.17. The van der Waals surface area contributed by atoms with E-state index in [1.807, 2.05) is 0 Å². The van der Waals surface area contributed by atoms with Gasteiger partial charge >= 0.3 is 11.9 Å². The van der Waals surface area contributed by atoms with Crippen molar-refractivity contribution in [2.45, 2.75) is 58.5 Å². The van der Waals surface area contributed by atoms with Gasteiger partial charge in [0.15, 0.2) is 0 Å². The molecule has 0 bridgehead atoms. The van der Waals surface area contributed by atoms with Crippen LogP contribution < -0.4 is 0 Å². The highest BCUT2D eigenvalue weighted by Crippen LogP contribution is 2.46. The Labute approximate surface area is 119 Å². The van der Waals surface area contributed by atoms with Crippen LogP contribution in [0.1, 0.15) is 52.4 Å². The van der Waals surface area contributed by atoms with Gasteiger partial charge in [0.2, 0.25) is 0 Å². The van der Waals surface area contributed by atoms with Gasteiger partial charge in [0.05, 0.1) is 16.9 Å². The van der Waals surface area contributed by atoms with Crippen molar-refractivity contribution < 1.29 is 24.9 Å². The number of aliphatic hydroxyl groups excluding tert-OH is 1. The number of unbranched alkanes of at least 4 members (excludes halogenated alkanes) is 1. The van der Waals surface area contributed by atoms with E-state index in [4.69, 9.17) is 0 Å². The molecule has 0 aliphatic heterocycles. The molecule has 1 rings (SSSR count). The van der Waals surface area contributed by atoms with E-state index in [2.05, 4.69) is 0 Å². The molecule has 0 heterocycles. The Morgan fingerprint density at radius 1 is 1.25 bits per heavy atom. The summed E-state index contributed by atoms with van der Waals surface area (Å²) in [4.78, 5) is 23.0. The summed E-state index contributed by atoms with van der Waals surface area (Å²) >= 11 is 0. The molecule has 0 radical (unpaired) electrons. The van der Waals surface area contributed by atoms with Crippen molar-refractivity contribution in [2.24, 2.45) is 10.8 Å². The van der Waals surface area contributed by atoms with Gasteiger partial charge in [0.1, 0.15) is 0 Å². The van der Waals surface area contributed by atoms with Crippen molar-refractivity contribution in [3.63, 3.8) is 0 Å². The number of allylic oxidation sites excluding steroid dienone is 1. The summed E-state index contributed by atoms with van der Waals surface area (Å²) in [5, 5.41) is 28.0. The maximum atomic E-state index is 11.6. The highest BCUT2D eigenvalue weighted by Gasteiger charge is 2.48. The SMILES string of the molecule is CC(O)CCCCC1(C(=O)O)CC=C[C@](C)(C(=O)O)C1. The van der Waals surface area contributed by atoms with Gasteiger partial charge in [0, 0.05) is 0 Å². The van der Waals surface area contributed by atoms with Gasteiger partial charge in [-0.3, -0.25) is 9.59 Å². The normalized spacial score (nSPS) is 30.9. The summed E-state index contributed by atoms with van der Waals surface area (Å²) in [6.45, 7) is 3.27. The van der Waals surface area contributed by atoms with Crippen LogP contribution in [-0.2, 0) is 9.59 Å². The summed E-state index contributed by atoms with van der Waals surface area (Å²) in [5.74, 6) is -1.91. The lowest BCUT2D eigenvalue weighted by atomic mass is 9.64. The molecule has 5 heteroatoms. The Morgan fingerprint density at radius 3 is 2.40 bits per heavy atom. The number of aliphatic carboxylic acids is 2. The fraction of sp³-hybridized carbons (Fsp3) is 0.733. The molecule has 0 aromatic carbocycles. The molecule has 2 unspecified atom stereocenters. The average Bonchev–Trinajstić information content (AvgIpc) is 2.34. The van der Waals surface area contributed by atoms with Gasteiger partial charge in [0.25, 0.3) is 0 Å². The van der Waals surface area contributed by atoms with E-state index in [0.29, 0.717) is 25.7 Å². The van der Waals surface area contributed by atoms with Crippen molar-refractivity contribution in [3.05, 3.63) is 12.2 Å². The molecule has 3 atom stereocenters. The van der Waals surface area contributed by atoms with Crippen molar-refractivity contribution in [3.8, 4) is 0 Å². The second-order valence-electron chi connectivity index (χ2n) is 6.19. The van der Waals surface area contributed by atoms with Crippen LogP contribution in [-0.4, -0.2) is 33.4 Å². The largest absolute Gasteiger partial charge is 0.481 e. The number of carboxylic acid groups (broad SMARTS) is 2. The van der Waals surface area contributed by atoms with Crippen LogP contribution in [0.2, 0.25) is 0 Å². The zero-order valence-electron chi connectivity index (χ0n) is 12.1. The molecule has 3 N–H and O–H groups in total. The van der Waals surface area contributed by atoms with Gasteiger partial charge in [-0.15, -0.1) is 0 Å². The summed E-state index contributed by atoms with van der Waals surface area (Å²) in [7, 11) is 0.